The zero-order valence-electron chi connectivity index (χ0n) is 16.8. The first-order valence-electron chi connectivity index (χ1n) is 9.04. The summed E-state index contributed by atoms with van der Waals surface area (Å²) in [6.07, 6.45) is 1.01. The fourth-order valence-electron chi connectivity index (χ4n) is 2.86. The maximum Gasteiger partial charge on any atom is 0.348 e. The predicted octanol–water partition coefficient (Wildman–Crippen LogP) is 3.63. The summed E-state index contributed by atoms with van der Waals surface area (Å²) in [6, 6.07) is 4.82. The molecule has 0 aliphatic rings. The minimum Gasteiger partial charge on any atom is -0.495 e. The number of hydrogen-bond donors (Lipinski definition) is 1. The molecule has 0 spiro atoms. The van der Waals surface area contributed by atoms with Crippen LogP contribution in [0.25, 0.3) is 10.2 Å². The molecule has 10 heteroatoms. The van der Waals surface area contributed by atoms with Crippen molar-refractivity contribution in [3.63, 3.8) is 0 Å². The van der Waals surface area contributed by atoms with E-state index in [-0.39, 0.29) is 12.6 Å². The molecular weight excluding hydrogens is 430 g/mol. The zero-order valence-corrected chi connectivity index (χ0v) is 18.4. The van der Waals surface area contributed by atoms with Crippen molar-refractivity contribution in [1.29, 1.82) is 0 Å². The van der Waals surface area contributed by atoms with E-state index in [9.17, 15) is 14.4 Å². The van der Waals surface area contributed by atoms with Crippen LogP contribution >= 0.6 is 22.9 Å². The molecule has 30 heavy (non-hydrogen) atoms. The largest absolute Gasteiger partial charge is 0.495 e. The second-order valence-corrected chi connectivity index (χ2v) is 8.20. The van der Waals surface area contributed by atoms with Crippen molar-refractivity contribution in [2.24, 2.45) is 0 Å². The minimum atomic E-state index is -0.498. The van der Waals surface area contributed by atoms with E-state index in [0.29, 0.717) is 37.1 Å². The van der Waals surface area contributed by atoms with Gasteiger partial charge in [-0.15, -0.1) is 11.3 Å². The van der Waals surface area contributed by atoms with Crippen LogP contribution in [0.4, 0.5) is 5.69 Å². The van der Waals surface area contributed by atoms with E-state index in [1.807, 2.05) is 0 Å². The number of hydrogen-bond acceptors (Lipinski definition) is 7. The summed E-state index contributed by atoms with van der Waals surface area (Å²) in [6.45, 7) is 4.90. The summed E-state index contributed by atoms with van der Waals surface area (Å²) in [5, 5.41) is 3.41. The molecular formula is C20H20ClN3O5S. The normalized spacial score (nSPS) is 11.0. The van der Waals surface area contributed by atoms with Gasteiger partial charge < -0.3 is 14.8 Å². The number of methoxy groups -OCH3 is 1. The zero-order chi connectivity index (χ0) is 22.0. The summed E-state index contributed by atoms with van der Waals surface area (Å²) >= 11 is 7.07. The standard InChI is InChI=1S/C20H20ClN3O5S/c1-10(2)29-20(27)17-11(3)16-18(30-17)22-9-24(19(16)26)8-15(25)23-13-7-12(21)5-6-14(13)28-4/h5-7,9-10H,8H2,1-4H3,(H,23,25). The van der Waals surface area contributed by atoms with Crippen molar-refractivity contribution in [2.45, 2.75) is 33.4 Å². The lowest BCUT2D eigenvalue weighted by atomic mass is 10.2. The SMILES string of the molecule is COc1ccc(Cl)cc1NC(=O)Cn1cnc2sc(C(=O)OC(C)C)c(C)c2c1=O. The molecule has 0 unspecified atom stereocenters. The third-order valence-corrected chi connectivity index (χ3v) is 5.61. The van der Waals surface area contributed by atoms with E-state index in [4.69, 9.17) is 21.1 Å². The van der Waals surface area contributed by atoms with Crippen LogP contribution in [0.5, 0.6) is 5.75 Å². The molecule has 3 aromatic rings. The number of benzene rings is 1. The fourth-order valence-corrected chi connectivity index (χ4v) is 4.05. The van der Waals surface area contributed by atoms with E-state index in [2.05, 4.69) is 10.3 Å². The number of carbonyl (C=O) groups excluding carboxylic acids is 2. The number of aryl methyl sites for hydroxylation is 1. The van der Waals surface area contributed by atoms with Gasteiger partial charge in [0.25, 0.3) is 5.56 Å². The number of esters is 1. The Kier molecular flexibility index (Phi) is 6.42. The molecule has 0 aliphatic heterocycles. The third-order valence-electron chi connectivity index (χ3n) is 4.19. The lowest BCUT2D eigenvalue weighted by Crippen LogP contribution is -2.28. The Morgan fingerprint density at radius 1 is 1.33 bits per heavy atom. The summed E-state index contributed by atoms with van der Waals surface area (Å²) < 4.78 is 11.6. The monoisotopic (exact) mass is 449 g/mol. The first-order valence-corrected chi connectivity index (χ1v) is 10.2. The number of aromatic nitrogens is 2. The molecule has 2 aromatic heterocycles. The molecule has 0 bridgehead atoms. The van der Waals surface area contributed by atoms with Crippen LogP contribution in [-0.4, -0.2) is 34.6 Å². The Bertz CT molecular complexity index is 1190. The molecule has 2 heterocycles. The van der Waals surface area contributed by atoms with Crippen molar-refractivity contribution in [3.05, 3.63) is 50.3 Å². The number of fused-ring (bicyclic) bond motifs is 1. The smallest absolute Gasteiger partial charge is 0.348 e. The number of nitrogens with zero attached hydrogens (tertiary/aromatic N) is 2. The van der Waals surface area contributed by atoms with E-state index in [1.165, 1.54) is 18.0 Å². The highest BCUT2D eigenvalue weighted by Gasteiger charge is 2.22. The first-order chi connectivity index (χ1) is 14.2. The third kappa shape index (κ3) is 4.47. The molecule has 0 aliphatic carbocycles. The lowest BCUT2D eigenvalue weighted by Gasteiger charge is -2.11. The minimum absolute atomic E-state index is 0.265. The van der Waals surface area contributed by atoms with E-state index >= 15 is 0 Å². The molecule has 8 nitrogen and oxygen atoms in total. The highest BCUT2D eigenvalue weighted by molar-refractivity contribution is 7.20. The van der Waals surface area contributed by atoms with Gasteiger partial charge in [0.05, 0.1) is 30.6 Å². The van der Waals surface area contributed by atoms with E-state index in [0.717, 1.165) is 11.3 Å². The summed E-state index contributed by atoms with van der Waals surface area (Å²) in [5.74, 6) is -0.510. The topological polar surface area (TPSA) is 99.5 Å². The number of nitrogens with one attached hydrogen (secondary N) is 1. The molecule has 3 rings (SSSR count). The van der Waals surface area contributed by atoms with Crippen molar-refractivity contribution in [3.8, 4) is 5.75 Å². The van der Waals surface area contributed by atoms with Crippen LogP contribution in [0.2, 0.25) is 5.02 Å². The van der Waals surface area contributed by atoms with E-state index in [1.54, 1.807) is 39.0 Å². The Hall–Kier alpha value is -2.91. The Balaban J connectivity index is 1.88. The average molecular weight is 450 g/mol. The van der Waals surface area contributed by atoms with Gasteiger partial charge >= 0.3 is 5.97 Å². The van der Waals surface area contributed by atoms with Crippen molar-refractivity contribution >= 4 is 50.7 Å². The summed E-state index contributed by atoms with van der Waals surface area (Å²) in [4.78, 5) is 42.7. The van der Waals surface area contributed by atoms with Crippen LogP contribution in [0.1, 0.15) is 29.1 Å². The molecule has 0 saturated heterocycles. The molecule has 0 saturated carbocycles. The molecule has 1 amide bonds. The fraction of sp³-hybridized carbons (Fsp3) is 0.300. The number of thiophene rings is 1. The Morgan fingerprint density at radius 2 is 2.07 bits per heavy atom. The van der Waals surface area contributed by atoms with Gasteiger partial charge in [0.15, 0.2) is 0 Å². The van der Waals surface area contributed by atoms with Crippen LogP contribution in [-0.2, 0) is 16.1 Å². The van der Waals surface area contributed by atoms with Crippen molar-refractivity contribution in [2.75, 3.05) is 12.4 Å². The summed E-state index contributed by atoms with van der Waals surface area (Å²) in [7, 11) is 1.47. The quantitative estimate of drug-likeness (QED) is 0.577. The van der Waals surface area contributed by atoms with Gasteiger partial charge in [-0.2, -0.15) is 0 Å². The van der Waals surface area contributed by atoms with Gasteiger partial charge in [0.1, 0.15) is 22.0 Å². The highest BCUT2D eigenvalue weighted by Crippen LogP contribution is 2.29. The molecule has 0 radical (unpaired) electrons. The molecule has 0 fully saturated rings. The molecule has 0 atom stereocenters. The van der Waals surface area contributed by atoms with Crippen LogP contribution in [0, 0.1) is 6.92 Å². The van der Waals surface area contributed by atoms with Gasteiger partial charge in [-0.25, -0.2) is 9.78 Å². The Morgan fingerprint density at radius 3 is 2.73 bits per heavy atom. The molecule has 1 aromatic carbocycles. The van der Waals surface area contributed by atoms with Gasteiger partial charge in [-0.1, -0.05) is 11.6 Å². The van der Waals surface area contributed by atoms with E-state index < -0.39 is 17.4 Å². The van der Waals surface area contributed by atoms with Crippen LogP contribution in [0.3, 0.4) is 0 Å². The predicted molar refractivity (Wildman–Crippen MR) is 116 cm³/mol. The highest BCUT2D eigenvalue weighted by atomic mass is 35.5. The molecule has 1 N–H and O–H groups in total. The van der Waals surface area contributed by atoms with Crippen molar-refractivity contribution < 1.29 is 19.1 Å². The number of amides is 1. The van der Waals surface area contributed by atoms with Gasteiger partial charge in [0.2, 0.25) is 5.91 Å². The number of halogens is 1. The number of carbonyl (C=O) groups is 2. The lowest BCUT2D eigenvalue weighted by molar-refractivity contribution is -0.116. The second-order valence-electron chi connectivity index (χ2n) is 6.76. The van der Waals surface area contributed by atoms with Gasteiger partial charge in [-0.3, -0.25) is 14.2 Å². The number of ether oxygens (including phenoxy) is 2. The maximum absolute atomic E-state index is 12.9. The molecule has 158 valence electrons. The maximum atomic E-state index is 12.9. The van der Waals surface area contributed by atoms with Crippen LogP contribution < -0.4 is 15.6 Å². The Labute approximate surface area is 181 Å². The summed E-state index contributed by atoms with van der Waals surface area (Å²) in [5.41, 5.74) is 0.470. The average Bonchev–Trinajstić information content (AvgIpc) is 3.01. The van der Waals surface area contributed by atoms with Gasteiger partial charge in [-0.05, 0) is 44.5 Å². The first kappa shape index (κ1) is 21.8. The number of rotatable bonds is 6. The van der Waals surface area contributed by atoms with Crippen molar-refractivity contribution in [1.82, 2.24) is 9.55 Å². The van der Waals surface area contributed by atoms with Crippen LogP contribution in [0.15, 0.2) is 29.3 Å². The second kappa shape index (κ2) is 8.85. The number of anilines is 1. The van der Waals surface area contributed by atoms with Gasteiger partial charge in [0, 0.05) is 5.02 Å².